The standard InChI is InChI=1S/C23H23Cl2N3O7/c1-14(28-19(30)11-27-23(33)35-12-15-6-3-2-4-7-15)21(31)26-10-16(29)13-34-22(32)20-17(24)8-5-9-18(20)25/h2-9,14H,10-13H2,1H3,(H,26,31)(H,27,33)(H,28,30). The Labute approximate surface area is 211 Å². The van der Waals surface area contributed by atoms with Gasteiger partial charge in [0.25, 0.3) is 0 Å². The molecule has 0 aromatic heterocycles. The summed E-state index contributed by atoms with van der Waals surface area (Å²) in [6, 6.07) is 12.4. The van der Waals surface area contributed by atoms with Crippen molar-refractivity contribution >= 4 is 52.9 Å². The number of hydrogen-bond acceptors (Lipinski definition) is 7. The average Bonchev–Trinajstić information content (AvgIpc) is 2.83. The fraction of sp³-hybridized carbons (Fsp3) is 0.261. The zero-order chi connectivity index (χ0) is 25.8. The molecule has 0 radical (unpaired) electrons. The third-order valence-corrected chi connectivity index (χ3v) is 5.00. The number of carbonyl (C=O) groups excluding carboxylic acids is 5. The van der Waals surface area contributed by atoms with Crippen molar-refractivity contribution in [1.82, 2.24) is 16.0 Å². The van der Waals surface area contributed by atoms with Gasteiger partial charge in [0.1, 0.15) is 19.2 Å². The van der Waals surface area contributed by atoms with Crippen LogP contribution in [0.2, 0.25) is 10.0 Å². The minimum atomic E-state index is -0.998. The Bertz CT molecular complexity index is 1060. The van der Waals surface area contributed by atoms with E-state index < -0.39 is 55.4 Å². The first-order valence-electron chi connectivity index (χ1n) is 10.3. The summed E-state index contributed by atoms with van der Waals surface area (Å²) in [6.07, 6.45) is -0.792. The molecule has 0 aliphatic rings. The molecule has 2 rings (SSSR count). The minimum Gasteiger partial charge on any atom is -0.454 e. The Morgan fingerprint density at radius 3 is 2.17 bits per heavy atom. The second kappa shape index (κ2) is 13.9. The number of Topliss-reactive ketones (excluding diaryl/α,β-unsaturated/α-hetero) is 1. The van der Waals surface area contributed by atoms with Crippen LogP contribution < -0.4 is 16.0 Å². The number of nitrogens with one attached hydrogen (secondary N) is 3. The molecule has 0 heterocycles. The van der Waals surface area contributed by atoms with E-state index in [-0.39, 0.29) is 22.2 Å². The van der Waals surface area contributed by atoms with Crippen LogP contribution in [0.1, 0.15) is 22.8 Å². The summed E-state index contributed by atoms with van der Waals surface area (Å²) in [7, 11) is 0. The highest BCUT2D eigenvalue weighted by Gasteiger charge is 2.19. The van der Waals surface area contributed by atoms with Gasteiger partial charge in [-0.05, 0) is 24.6 Å². The summed E-state index contributed by atoms with van der Waals surface area (Å²) in [5, 5.41) is 7.11. The number of rotatable bonds is 11. The zero-order valence-corrected chi connectivity index (χ0v) is 20.2. The van der Waals surface area contributed by atoms with E-state index in [2.05, 4.69) is 16.0 Å². The number of carbonyl (C=O) groups is 5. The van der Waals surface area contributed by atoms with Crippen LogP contribution in [0.15, 0.2) is 48.5 Å². The number of esters is 1. The second-order valence-corrected chi connectivity index (χ2v) is 7.95. The van der Waals surface area contributed by atoms with Gasteiger partial charge >= 0.3 is 12.1 Å². The molecule has 0 saturated heterocycles. The van der Waals surface area contributed by atoms with E-state index in [4.69, 9.17) is 32.7 Å². The lowest BCUT2D eigenvalue weighted by molar-refractivity contribution is -0.129. The lowest BCUT2D eigenvalue weighted by Gasteiger charge is -2.14. The van der Waals surface area contributed by atoms with Crippen molar-refractivity contribution in [2.45, 2.75) is 19.6 Å². The van der Waals surface area contributed by atoms with Crippen molar-refractivity contribution in [3.63, 3.8) is 0 Å². The van der Waals surface area contributed by atoms with Gasteiger partial charge < -0.3 is 25.4 Å². The first-order chi connectivity index (χ1) is 16.7. The Morgan fingerprint density at radius 2 is 1.51 bits per heavy atom. The van der Waals surface area contributed by atoms with Crippen LogP contribution >= 0.6 is 23.2 Å². The Balaban J connectivity index is 1.64. The number of hydrogen-bond donors (Lipinski definition) is 3. The van der Waals surface area contributed by atoms with Crippen LogP contribution in [0, 0.1) is 0 Å². The summed E-state index contributed by atoms with van der Waals surface area (Å²) < 4.78 is 9.86. The van der Waals surface area contributed by atoms with Gasteiger partial charge in [-0.2, -0.15) is 0 Å². The Morgan fingerprint density at radius 1 is 0.857 bits per heavy atom. The molecule has 3 amide bonds. The summed E-state index contributed by atoms with van der Waals surface area (Å²) in [5.74, 6) is -2.77. The van der Waals surface area contributed by atoms with Crippen LogP contribution in [-0.4, -0.2) is 55.4 Å². The smallest absolute Gasteiger partial charge is 0.407 e. The molecule has 0 spiro atoms. The predicted octanol–water partition coefficient (Wildman–Crippen LogP) is 2.27. The van der Waals surface area contributed by atoms with E-state index in [1.807, 2.05) is 6.07 Å². The second-order valence-electron chi connectivity index (χ2n) is 7.13. The van der Waals surface area contributed by atoms with E-state index in [1.54, 1.807) is 30.3 Å². The first-order valence-corrected chi connectivity index (χ1v) is 11.1. The van der Waals surface area contributed by atoms with Gasteiger partial charge in [0.2, 0.25) is 11.8 Å². The topological polar surface area (TPSA) is 140 Å². The molecule has 0 saturated carbocycles. The molecule has 0 aliphatic heterocycles. The van der Waals surface area contributed by atoms with Crippen LogP contribution in [-0.2, 0) is 30.5 Å². The highest BCUT2D eigenvalue weighted by atomic mass is 35.5. The number of ketones is 1. The first kappa shape index (κ1) is 27.6. The molecule has 186 valence electrons. The van der Waals surface area contributed by atoms with Gasteiger partial charge in [0.15, 0.2) is 12.4 Å². The highest BCUT2D eigenvalue weighted by Crippen LogP contribution is 2.24. The molecule has 2 aromatic rings. The van der Waals surface area contributed by atoms with Crippen LogP contribution in [0.4, 0.5) is 4.79 Å². The average molecular weight is 524 g/mol. The summed E-state index contributed by atoms with van der Waals surface area (Å²) in [4.78, 5) is 59.7. The number of benzene rings is 2. The Hall–Kier alpha value is -3.63. The van der Waals surface area contributed by atoms with Gasteiger partial charge in [0.05, 0.1) is 22.2 Å². The predicted molar refractivity (Wildman–Crippen MR) is 127 cm³/mol. The largest absolute Gasteiger partial charge is 0.454 e. The third kappa shape index (κ3) is 9.63. The van der Waals surface area contributed by atoms with Gasteiger partial charge in [-0.1, -0.05) is 59.6 Å². The summed E-state index contributed by atoms with van der Waals surface area (Å²) in [6.45, 7) is -0.0273. The lowest BCUT2D eigenvalue weighted by Crippen LogP contribution is -2.49. The maximum absolute atomic E-state index is 12.1. The molecular weight excluding hydrogens is 501 g/mol. The molecule has 0 aliphatic carbocycles. The molecule has 0 fully saturated rings. The Kier molecular flexibility index (Phi) is 11.0. The van der Waals surface area contributed by atoms with Crippen molar-refractivity contribution in [2.75, 3.05) is 19.7 Å². The fourth-order valence-electron chi connectivity index (χ4n) is 2.59. The summed E-state index contributed by atoms with van der Waals surface area (Å²) in [5.41, 5.74) is 0.718. The van der Waals surface area contributed by atoms with E-state index in [9.17, 15) is 24.0 Å². The third-order valence-electron chi connectivity index (χ3n) is 4.37. The van der Waals surface area contributed by atoms with E-state index >= 15 is 0 Å². The molecule has 35 heavy (non-hydrogen) atoms. The van der Waals surface area contributed by atoms with Crippen molar-refractivity contribution in [2.24, 2.45) is 0 Å². The quantitative estimate of drug-likeness (QED) is 0.383. The van der Waals surface area contributed by atoms with E-state index in [0.29, 0.717) is 0 Å². The van der Waals surface area contributed by atoms with Gasteiger partial charge in [0, 0.05) is 0 Å². The van der Waals surface area contributed by atoms with Crippen molar-refractivity contribution < 1.29 is 33.4 Å². The van der Waals surface area contributed by atoms with E-state index in [0.717, 1.165) is 5.56 Å². The molecule has 0 bridgehead atoms. The normalized spacial score (nSPS) is 11.1. The molecule has 1 unspecified atom stereocenters. The van der Waals surface area contributed by atoms with Crippen LogP contribution in [0.3, 0.4) is 0 Å². The zero-order valence-electron chi connectivity index (χ0n) is 18.6. The number of ether oxygens (including phenoxy) is 2. The van der Waals surface area contributed by atoms with Gasteiger partial charge in [-0.3, -0.25) is 14.4 Å². The number of halogens is 2. The molecular formula is C23H23Cl2N3O7. The van der Waals surface area contributed by atoms with Crippen molar-refractivity contribution in [3.8, 4) is 0 Å². The fourth-order valence-corrected chi connectivity index (χ4v) is 3.14. The molecule has 3 N–H and O–H groups in total. The van der Waals surface area contributed by atoms with Gasteiger partial charge in [-0.15, -0.1) is 0 Å². The van der Waals surface area contributed by atoms with Crippen molar-refractivity contribution in [3.05, 3.63) is 69.7 Å². The molecule has 1 atom stereocenters. The number of amides is 3. The van der Waals surface area contributed by atoms with E-state index in [1.165, 1.54) is 19.1 Å². The van der Waals surface area contributed by atoms with Crippen LogP contribution in [0.25, 0.3) is 0 Å². The maximum Gasteiger partial charge on any atom is 0.407 e. The van der Waals surface area contributed by atoms with Gasteiger partial charge in [-0.25, -0.2) is 9.59 Å². The monoisotopic (exact) mass is 523 g/mol. The number of alkyl carbamates (subject to hydrolysis) is 1. The minimum absolute atomic E-state index is 0.0435. The molecule has 10 nitrogen and oxygen atoms in total. The SMILES string of the molecule is CC(NC(=O)CNC(=O)OCc1ccccc1)C(=O)NCC(=O)COC(=O)c1c(Cl)cccc1Cl. The van der Waals surface area contributed by atoms with Crippen LogP contribution in [0.5, 0.6) is 0 Å². The molecule has 12 heteroatoms. The maximum atomic E-state index is 12.1. The summed E-state index contributed by atoms with van der Waals surface area (Å²) >= 11 is 11.8. The highest BCUT2D eigenvalue weighted by molar-refractivity contribution is 6.39. The lowest BCUT2D eigenvalue weighted by atomic mass is 10.2. The molecule has 2 aromatic carbocycles. The van der Waals surface area contributed by atoms with Crippen molar-refractivity contribution in [1.29, 1.82) is 0 Å².